The van der Waals surface area contributed by atoms with Crippen LogP contribution < -0.4 is 10.6 Å². The predicted molar refractivity (Wildman–Crippen MR) is 105 cm³/mol. The molecule has 0 spiro atoms. The molecule has 0 saturated carbocycles. The molecule has 1 aromatic heterocycles. The highest BCUT2D eigenvalue weighted by molar-refractivity contribution is 9.10. The van der Waals surface area contributed by atoms with Crippen molar-refractivity contribution in [1.82, 2.24) is 10.3 Å². The van der Waals surface area contributed by atoms with Gasteiger partial charge in [0.1, 0.15) is 5.82 Å². The highest BCUT2D eigenvalue weighted by Gasteiger charge is 2.17. The number of amidine groups is 1. The third kappa shape index (κ3) is 5.49. The van der Waals surface area contributed by atoms with E-state index in [2.05, 4.69) is 60.2 Å². The Morgan fingerprint density at radius 3 is 2.77 bits per heavy atom. The van der Waals surface area contributed by atoms with Crippen molar-refractivity contribution in [1.29, 1.82) is 0 Å². The molecule has 8 nitrogen and oxygen atoms in total. The summed E-state index contributed by atoms with van der Waals surface area (Å²) < 4.78 is 22.9. The summed E-state index contributed by atoms with van der Waals surface area (Å²) in [4.78, 5) is 0. The van der Waals surface area contributed by atoms with Gasteiger partial charge in [0.25, 0.3) is 0 Å². The molecule has 0 unspecified atom stereocenters. The van der Waals surface area contributed by atoms with E-state index in [-0.39, 0.29) is 26.7 Å². The minimum Gasteiger partial charge on any atom is -0.409 e. The largest absolute Gasteiger partial charge is 0.409 e. The van der Waals surface area contributed by atoms with Gasteiger partial charge in [-0.15, -0.1) is 10.7 Å². The van der Waals surface area contributed by atoms with Crippen molar-refractivity contribution in [2.24, 2.45) is 9.52 Å². The van der Waals surface area contributed by atoms with Crippen molar-refractivity contribution in [2.45, 2.75) is 13.8 Å². The lowest BCUT2D eigenvalue weighted by molar-refractivity contribution is 0.305. The van der Waals surface area contributed by atoms with Crippen LogP contribution in [0.25, 0.3) is 0 Å². The molecule has 1 aromatic carbocycles. The van der Waals surface area contributed by atoms with E-state index in [0.29, 0.717) is 24.6 Å². The number of oxime groups is 1. The Morgan fingerprint density at radius 1 is 1.35 bits per heavy atom. The van der Waals surface area contributed by atoms with E-state index in [1.807, 2.05) is 0 Å². The zero-order valence-electron chi connectivity index (χ0n) is 14.4. The summed E-state index contributed by atoms with van der Waals surface area (Å²) in [7, 11) is 0.0812. The van der Waals surface area contributed by atoms with Crippen molar-refractivity contribution in [2.75, 3.05) is 35.2 Å². The lowest BCUT2D eigenvalue weighted by Gasteiger charge is -2.08. The first-order valence-electron chi connectivity index (χ1n) is 7.95. The predicted octanol–water partition coefficient (Wildman–Crippen LogP) is 3.47. The van der Waals surface area contributed by atoms with Gasteiger partial charge < -0.3 is 15.8 Å². The van der Waals surface area contributed by atoms with Gasteiger partial charge in [-0.1, -0.05) is 19.0 Å². The van der Waals surface area contributed by atoms with E-state index in [0.717, 1.165) is 11.5 Å². The number of benzene rings is 1. The zero-order valence-corrected chi connectivity index (χ0v) is 16.8. The number of aromatic nitrogens is 2. The average molecular weight is 447 g/mol. The molecule has 0 saturated heterocycles. The van der Waals surface area contributed by atoms with Crippen LogP contribution in [-0.4, -0.2) is 46.0 Å². The molecule has 0 bridgehead atoms. The zero-order chi connectivity index (χ0) is 18.9. The van der Waals surface area contributed by atoms with E-state index < -0.39 is 5.82 Å². The lowest BCUT2D eigenvalue weighted by atomic mass is 10.3. The lowest BCUT2D eigenvalue weighted by Crippen LogP contribution is -2.17. The highest BCUT2D eigenvalue weighted by Crippen LogP contribution is 2.21. The fourth-order valence-electron chi connectivity index (χ4n) is 2.04. The van der Waals surface area contributed by atoms with Crippen molar-refractivity contribution < 1.29 is 14.2 Å². The highest BCUT2D eigenvalue weighted by atomic mass is 79.9. The Labute approximate surface area is 161 Å². The van der Waals surface area contributed by atoms with Gasteiger partial charge in [-0.25, -0.2) is 9.02 Å². The molecule has 0 atom stereocenters. The summed E-state index contributed by atoms with van der Waals surface area (Å²) in [6.07, 6.45) is 0. The van der Waals surface area contributed by atoms with Crippen LogP contribution in [0.15, 0.2) is 36.8 Å². The summed E-state index contributed by atoms with van der Waals surface area (Å²) in [6.45, 7) is 5.41. The topological polar surface area (TPSA) is 108 Å². The Balaban J connectivity index is 2.04. The molecule has 2 rings (SSSR count). The molecule has 26 heavy (non-hydrogen) atoms. The maximum absolute atomic E-state index is 13.3. The normalized spacial score (nSPS) is 11.7. The number of nitrogens with zero attached hydrogens (tertiary/aromatic N) is 4. The van der Waals surface area contributed by atoms with Crippen molar-refractivity contribution in [3.8, 4) is 0 Å². The first kappa shape index (κ1) is 20.3. The number of hydrogen-bond acceptors (Lipinski definition) is 7. The Hall–Kier alpha value is -2.01. The fourth-order valence-corrected chi connectivity index (χ4v) is 3.54. The van der Waals surface area contributed by atoms with Crippen LogP contribution in [0, 0.1) is 5.82 Å². The van der Waals surface area contributed by atoms with Crippen LogP contribution in [0.4, 0.5) is 15.9 Å². The second-order valence-corrected chi connectivity index (χ2v) is 8.17. The summed E-state index contributed by atoms with van der Waals surface area (Å²) >= 11 is 3.10. The van der Waals surface area contributed by atoms with Gasteiger partial charge in [-0.3, -0.25) is 4.36 Å². The number of rotatable bonds is 8. The summed E-state index contributed by atoms with van der Waals surface area (Å²) in [5.74, 6) is 2.02. The summed E-state index contributed by atoms with van der Waals surface area (Å²) in [5, 5.41) is 25.9. The van der Waals surface area contributed by atoms with Crippen molar-refractivity contribution >= 4 is 44.0 Å². The van der Waals surface area contributed by atoms with E-state index in [1.165, 1.54) is 18.2 Å². The van der Waals surface area contributed by atoms with Gasteiger partial charge in [0.05, 0.1) is 11.0 Å². The standard InChI is InChI=1S/C15H20BrFN6O2S/c1-3-26(4-2)19-8-7-18-14-13(22-25-23-14)15(21-24)20-10-5-6-12(17)11(16)9-10/h5-6,9,24H,3-4,7-8H2,1-2H3,(H,18,23)(H,20,21). The maximum atomic E-state index is 13.3. The van der Waals surface area contributed by atoms with Crippen LogP contribution in [0.2, 0.25) is 0 Å². The molecule has 11 heteroatoms. The second-order valence-electron chi connectivity index (χ2n) is 4.98. The molecule has 0 aliphatic carbocycles. The van der Waals surface area contributed by atoms with E-state index in [9.17, 15) is 9.60 Å². The van der Waals surface area contributed by atoms with Gasteiger partial charge in [0.2, 0.25) is 11.7 Å². The van der Waals surface area contributed by atoms with Gasteiger partial charge in [-0.2, -0.15) is 0 Å². The summed E-state index contributed by atoms with van der Waals surface area (Å²) in [6, 6.07) is 4.29. The molecule has 3 N–H and O–H groups in total. The molecular weight excluding hydrogens is 427 g/mol. The van der Waals surface area contributed by atoms with Gasteiger partial charge in [0.15, 0.2) is 5.69 Å². The molecule has 0 aliphatic rings. The molecule has 1 heterocycles. The van der Waals surface area contributed by atoms with Crippen LogP contribution in [0.3, 0.4) is 0 Å². The third-order valence-corrected chi connectivity index (χ3v) is 5.83. The number of nitrogens with one attached hydrogen (secondary N) is 2. The van der Waals surface area contributed by atoms with Crippen molar-refractivity contribution in [3.05, 3.63) is 34.2 Å². The van der Waals surface area contributed by atoms with E-state index in [1.54, 1.807) is 0 Å². The van der Waals surface area contributed by atoms with E-state index in [4.69, 9.17) is 4.63 Å². The number of anilines is 2. The maximum Gasteiger partial charge on any atom is 0.203 e. The quantitative estimate of drug-likeness (QED) is 0.188. The number of halogens is 2. The average Bonchev–Trinajstić information content (AvgIpc) is 3.11. The van der Waals surface area contributed by atoms with Crippen LogP contribution in [-0.2, 0) is 10.7 Å². The van der Waals surface area contributed by atoms with Crippen molar-refractivity contribution in [3.63, 3.8) is 0 Å². The molecule has 0 fully saturated rings. The monoisotopic (exact) mass is 446 g/mol. The summed E-state index contributed by atoms with van der Waals surface area (Å²) in [5.41, 5.74) is 0.711. The Morgan fingerprint density at radius 2 is 2.12 bits per heavy atom. The number of hydrogen-bond donors (Lipinski definition) is 3. The first-order valence-corrected chi connectivity index (χ1v) is 10.3. The minimum absolute atomic E-state index is 0.0195. The first-order chi connectivity index (χ1) is 12.6. The Bertz CT molecular complexity index is 792. The van der Waals surface area contributed by atoms with Crippen LogP contribution in [0.5, 0.6) is 0 Å². The SMILES string of the molecule is CCS(CC)=NCCNc1nonc1/C(=N/O)Nc1ccc(F)c(Br)c1. The molecule has 142 valence electrons. The van der Waals surface area contributed by atoms with Crippen LogP contribution in [0.1, 0.15) is 19.5 Å². The molecule has 2 aromatic rings. The van der Waals surface area contributed by atoms with Crippen LogP contribution >= 0.6 is 15.9 Å². The van der Waals surface area contributed by atoms with Gasteiger partial charge in [0, 0.05) is 23.7 Å². The third-order valence-electron chi connectivity index (χ3n) is 3.34. The molecule has 0 aliphatic heterocycles. The molecule has 0 amide bonds. The minimum atomic E-state index is -0.398. The van der Waals surface area contributed by atoms with E-state index >= 15 is 0 Å². The second kappa shape index (κ2) is 10.2. The Kier molecular flexibility index (Phi) is 7.98. The molecule has 0 radical (unpaired) electrons. The van der Waals surface area contributed by atoms with Gasteiger partial charge in [-0.05, 0) is 44.4 Å². The van der Waals surface area contributed by atoms with Gasteiger partial charge >= 0.3 is 0 Å². The fraction of sp³-hybridized carbons (Fsp3) is 0.400. The molecular formula is C15H20BrFN6O2S. The smallest absolute Gasteiger partial charge is 0.203 e.